The molecule has 0 spiro atoms. The third-order valence-electron chi connectivity index (χ3n) is 2.46. The van der Waals surface area contributed by atoms with Gasteiger partial charge in [0.25, 0.3) is 0 Å². The fraction of sp³-hybridized carbons (Fsp3) is 0.182. The van der Waals surface area contributed by atoms with Crippen molar-refractivity contribution >= 4 is 28.4 Å². The van der Waals surface area contributed by atoms with E-state index in [0.717, 1.165) is 10.9 Å². The van der Waals surface area contributed by atoms with Crippen molar-refractivity contribution in [2.45, 2.75) is 11.9 Å². The lowest BCUT2D eigenvalue weighted by Crippen LogP contribution is -1.98. The molecular weight excluding hydrogens is 224 g/mol. The van der Waals surface area contributed by atoms with Crippen molar-refractivity contribution in [2.75, 3.05) is 6.26 Å². The van der Waals surface area contributed by atoms with Gasteiger partial charge in [0.05, 0.1) is 10.4 Å². The standard InChI is InChI=1S/C11H10N2O2S/c1-7-8-5-3-4-6-9(8)12-11(16-2)10(7)13(14)15/h3-6H,1-2H3. The molecule has 16 heavy (non-hydrogen) atoms. The molecule has 0 saturated carbocycles. The first-order valence-electron chi connectivity index (χ1n) is 4.73. The van der Waals surface area contributed by atoms with Crippen LogP contribution in [-0.2, 0) is 0 Å². The van der Waals surface area contributed by atoms with Crippen LogP contribution in [0.2, 0.25) is 0 Å². The molecule has 0 unspecified atom stereocenters. The van der Waals surface area contributed by atoms with Crippen LogP contribution in [0.1, 0.15) is 5.56 Å². The molecule has 2 aromatic rings. The lowest BCUT2D eigenvalue weighted by molar-refractivity contribution is -0.388. The van der Waals surface area contributed by atoms with E-state index in [9.17, 15) is 10.1 Å². The molecule has 0 amide bonds. The smallest absolute Gasteiger partial charge is 0.258 e. The van der Waals surface area contributed by atoms with Crippen LogP contribution in [0, 0.1) is 17.0 Å². The van der Waals surface area contributed by atoms with Crippen molar-refractivity contribution < 1.29 is 4.92 Å². The third kappa shape index (κ3) is 1.63. The Morgan fingerprint density at radius 3 is 2.69 bits per heavy atom. The van der Waals surface area contributed by atoms with Crippen LogP contribution in [0.3, 0.4) is 0 Å². The van der Waals surface area contributed by atoms with Crippen LogP contribution >= 0.6 is 11.8 Å². The number of thioether (sulfide) groups is 1. The zero-order valence-corrected chi connectivity index (χ0v) is 9.75. The van der Waals surface area contributed by atoms with E-state index in [1.165, 1.54) is 11.8 Å². The van der Waals surface area contributed by atoms with Gasteiger partial charge < -0.3 is 0 Å². The van der Waals surface area contributed by atoms with Crippen LogP contribution in [-0.4, -0.2) is 16.2 Å². The van der Waals surface area contributed by atoms with E-state index in [2.05, 4.69) is 4.98 Å². The number of nitro groups is 1. The predicted molar refractivity (Wildman–Crippen MR) is 64.9 cm³/mol. The van der Waals surface area contributed by atoms with Crippen LogP contribution in [0.25, 0.3) is 10.9 Å². The van der Waals surface area contributed by atoms with E-state index in [0.29, 0.717) is 10.6 Å². The number of fused-ring (bicyclic) bond motifs is 1. The van der Waals surface area contributed by atoms with E-state index >= 15 is 0 Å². The summed E-state index contributed by atoms with van der Waals surface area (Å²) in [6, 6.07) is 7.46. The van der Waals surface area contributed by atoms with Gasteiger partial charge in [0.2, 0.25) is 0 Å². The molecule has 82 valence electrons. The predicted octanol–water partition coefficient (Wildman–Crippen LogP) is 3.17. The summed E-state index contributed by atoms with van der Waals surface area (Å²) in [6.07, 6.45) is 1.80. The maximum absolute atomic E-state index is 11.0. The molecule has 5 heteroatoms. The highest BCUT2D eigenvalue weighted by Crippen LogP contribution is 2.33. The number of nitrogens with zero attached hydrogens (tertiary/aromatic N) is 2. The van der Waals surface area contributed by atoms with E-state index in [-0.39, 0.29) is 10.6 Å². The average Bonchev–Trinajstić information content (AvgIpc) is 2.28. The van der Waals surface area contributed by atoms with Gasteiger partial charge in [-0.05, 0) is 19.2 Å². The number of hydrogen-bond donors (Lipinski definition) is 0. The molecule has 0 saturated heterocycles. The Bertz CT molecular complexity index is 569. The highest BCUT2D eigenvalue weighted by Gasteiger charge is 2.20. The largest absolute Gasteiger partial charge is 0.304 e. The first-order chi connectivity index (χ1) is 7.65. The fourth-order valence-corrected chi connectivity index (χ4v) is 2.31. The Morgan fingerprint density at radius 1 is 1.38 bits per heavy atom. The number of aromatic nitrogens is 1. The molecule has 1 aromatic heterocycles. The summed E-state index contributed by atoms with van der Waals surface area (Å²) in [5.74, 6) is 0. The van der Waals surface area contributed by atoms with E-state index in [1.54, 1.807) is 13.2 Å². The van der Waals surface area contributed by atoms with Crippen molar-refractivity contribution in [2.24, 2.45) is 0 Å². The van der Waals surface area contributed by atoms with Crippen molar-refractivity contribution in [3.63, 3.8) is 0 Å². The molecule has 0 radical (unpaired) electrons. The monoisotopic (exact) mass is 234 g/mol. The summed E-state index contributed by atoms with van der Waals surface area (Å²) in [4.78, 5) is 14.9. The maximum Gasteiger partial charge on any atom is 0.304 e. The number of benzene rings is 1. The van der Waals surface area contributed by atoms with E-state index < -0.39 is 0 Å². The normalized spacial score (nSPS) is 10.6. The minimum absolute atomic E-state index is 0.117. The summed E-state index contributed by atoms with van der Waals surface area (Å²) in [7, 11) is 0. The SMILES string of the molecule is CSc1nc2ccccc2c(C)c1[N+](=O)[O-]. The second kappa shape index (κ2) is 4.09. The molecule has 0 aliphatic rings. The van der Waals surface area contributed by atoms with Crippen LogP contribution in [0.15, 0.2) is 29.3 Å². The topological polar surface area (TPSA) is 56.0 Å². The lowest BCUT2D eigenvalue weighted by atomic mass is 10.1. The highest BCUT2D eigenvalue weighted by molar-refractivity contribution is 7.98. The highest BCUT2D eigenvalue weighted by atomic mass is 32.2. The molecular formula is C11H10N2O2S. The summed E-state index contributed by atoms with van der Waals surface area (Å²) in [5.41, 5.74) is 1.60. The molecule has 4 nitrogen and oxygen atoms in total. The maximum atomic E-state index is 11.0. The second-order valence-corrected chi connectivity index (χ2v) is 4.16. The van der Waals surface area contributed by atoms with Crippen LogP contribution in [0.5, 0.6) is 0 Å². The van der Waals surface area contributed by atoms with Gasteiger partial charge >= 0.3 is 5.69 Å². The van der Waals surface area contributed by atoms with Gasteiger partial charge in [-0.1, -0.05) is 18.2 Å². The van der Waals surface area contributed by atoms with Gasteiger partial charge in [0.1, 0.15) is 0 Å². The average molecular weight is 234 g/mol. The van der Waals surface area contributed by atoms with Gasteiger partial charge in [0.15, 0.2) is 5.03 Å². The number of hydrogen-bond acceptors (Lipinski definition) is 4. The molecule has 1 aromatic carbocycles. The first kappa shape index (κ1) is 10.9. The minimum Gasteiger partial charge on any atom is -0.258 e. The van der Waals surface area contributed by atoms with Crippen molar-refractivity contribution in [1.82, 2.24) is 4.98 Å². The Hall–Kier alpha value is -1.62. The lowest BCUT2D eigenvalue weighted by Gasteiger charge is -2.06. The molecule has 0 fully saturated rings. The first-order valence-corrected chi connectivity index (χ1v) is 5.95. The van der Waals surface area contributed by atoms with Gasteiger partial charge in [0, 0.05) is 10.9 Å². The molecule has 0 bridgehead atoms. The van der Waals surface area contributed by atoms with Gasteiger partial charge in [-0.3, -0.25) is 10.1 Å². The quantitative estimate of drug-likeness (QED) is 0.455. The molecule has 0 atom stereocenters. The Balaban J connectivity index is 2.87. The van der Waals surface area contributed by atoms with Gasteiger partial charge in [-0.25, -0.2) is 4.98 Å². The zero-order valence-electron chi connectivity index (χ0n) is 8.93. The van der Waals surface area contributed by atoms with Crippen LogP contribution in [0.4, 0.5) is 5.69 Å². The Labute approximate surface area is 96.8 Å². The third-order valence-corrected chi connectivity index (χ3v) is 3.14. The molecule has 0 aliphatic heterocycles. The number of rotatable bonds is 2. The summed E-state index contributed by atoms with van der Waals surface area (Å²) < 4.78 is 0. The fourth-order valence-electron chi connectivity index (χ4n) is 1.70. The second-order valence-electron chi connectivity index (χ2n) is 3.37. The van der Waals surface area contributed by atoms with E-state index in [1.807, 2.05) is 24.3 Å². The number of pyridine rings is 1. The molecule has 0 aliphatic carbocycles. The molecule has 1 heterocycles. The van der Waals surface area contributed by atoms with E-state index in [4.69, 9.17) is 0 Å². The summed E-state index contributed by atoms with van der Waals surface area (Å²) >= 11 is 1.30. The molecule has 0 N–H and O–H groups in total. The summed E-state index contributed by atoms with van der Waals surface area (Å²) in [6.45, 7) is 1.77. The zero-order chi connectivity index (χ0) is 11.7. The van der Waals surface area contributed by atoms with Gasteiger partial charge in [-0.15, -0.1) is 11.8 Å². The van der Waals surface area contributed by atoms with Crippen molar-refractivity contribution in [3.8, 4) is 0 Å². The van der Waals surface area contributed by atoms with Crippen LogP contribution < -0.4 is 0 Å². The van der Waals surface area contributed by atoms with Crippen molar-refractivity contribution in [1.29, 1.82) is 0 Å². The number of aryl methyl sites for hydroxylation is 1. The van der Waals surface area contributed by atoms with Gasteiger partial charge in [-0.2, -0.15) is 0 Å². The Morgan fingerprint density at radius 2 is 2.06 bits per heavy atom. The Kier molecular flexibility index (Phi) is 2.78. The number of para-hydroxylation sites is 1. The molecule has 2 rings (SSSR count). The minimum atomic E-state index is -0.361. The summed E-state index contributed by atoms with van der Waals surface area (Å²) in [5, 5.41) is 12.3. The van der Waals surface area contributed by atoms with Crippen molar-refractivity contribution in [3.05, 3.63) is 39.9 Å².